The van der Waals surface area contributed by atoms with E-state index in [0.29, 0.717) is 13.0 Å². The van der Waals surface area contributed by atoms with Crippen LogP contribution in [0.25, 0.3) is 0 Å². The van der Waals surface area contributed by atoms with Crippen LogP contribution >= 0.6 is 0 Å². The van der Waals surface area contributed by atoms with Gasteiger partial charge >= 0.3 is 0 Å². The highest BCUT2D eigenvalue weighted by Crippen LogP contribution is 2.04. The van der Waals surface area contributed by atoms with Gasteiger partial charge in [0.25, 0.3) is 0 Å². The molecule has 16 heavy (non-hydrogen) atoms. The lowest BCUT2D eigenvalue weighted by Crippen LogP contribution is -2.32. The van der Waals surface area contributed by atoms with E-state index >= 15 is 0 Å². The molecule has 0 spiro atoms. The van der Waals surface area contributed by atoms with Gasteiger partial charge in [-0.2, -0.15) is 0 Å². The number of amidine groups is 1. The third-order valence-electron chi connectivity index (χ3n) is 2.32. The summed E-state index contributed by atoms with van der Waals surface area (Å²) < 4.78 is 5.07. The topological polar surface area (TPSA) is 96.7 Å². The first-order chi connectivity index (χ1) is 7.65. The fourth-order valence-corrected chi connectivity index (χ4v) is 1.40. The van der Waals surface area contributed by atoms with Crippen molar-refractivity contribution in [1.29, 1.82) is 0 Å². The van der Waals surface area contributed by atoms with E-state index in [1.54, 1.807) is 0 Å². The first-order valence-corrected chi connectivity index (χ1v) is 5.27. The highest BCUT2D eigenvalue weighted by Gasteiger charge is 2.09. The lowest BCUT2D eigenvalue weighted by Gasteiger charge is -2.14. The predicted octanol–water partition coefficient (Wildman–Crippen LogP) is 0.988. The van der Waals surface area contributed by atoms with E-state index < -0.39 is 0 Å². The summed E-state index contributed by atoms with van der Waals surface area (Å²) >= 11 is 0. The zero-order valence-corrected chi connectivity index (χ0v) is 9.60. The molecular weight excluding hydrogens is 208 g/mol. The third kappa shape index (κ3) is 3.90. The van der Waals surface area contributed by atoms with Crippen LogP contribution in [0.5, 0.6) is 0 Å². The molecule has 0 aliphatic carbocycles. The molecule has 0 saturated carbocycles. The number of hydrogen-bond donors (Lipinski definition) is 3. The molecular formula is C10H18N4O2. The van der Waals surface area contributed by atoms with Crippen molar-refractivity contribution in [2.75, 3.05) is 0 Å². The van der Waals surface area contributed by atoms with Gasteiger partial charge in [-0.05, 0) is 13.3 Å². The van der Waals surface area contributed by atoms with Gasteiger partial charge < -0.3 is 20.8 Å². The molecule has 0 aliphatic heterocycles. The van der Waals surface area contributed by atoms with Gasteiger partial charge in [-0.1, -0.05) is 17.2 Å². The Balaban J connectivity index is 2.39. The second-order valence-electron chi connectivity index (χ2n) is 3.72. The number of aromatic nitrogens is 1. The Kier molecular flexibility index (Phi) is 4.78. The number of nitrogens with zero attached hydrogens (tertiary/aromatic N) is 2. The van der Waals surface area contributed by atoms with Crippen molar-refractivity contribution < 1.29 is 9.73 Å². The molecule has 0 amide bonds. The number of oxime groups is 1. The summed E-state index contributed by atoms with van der Waals surface area (Å²) in [4.78, 5) is 0. The van der Waals surface area contributed by atoms with E-state index in [1.807, 2.05) is 19.9 Å². The molecule has 1 aromatic heterocycles. The summed E-state index contributed by atoms with van der Waals surface area (Å²) in [6.07, 6.45) is 1.41. The van der Waals surface area contributed by atoms with Crippen LogP contribution in [0, 0.1) is 6.92 Å². The molecule has 0 bridgehead atoms. The van der Waals surface area contributed by atoms with Crippen LogP contribution in [0.4, 0.5) is 0 Å². The van der Waals surface area contributed by atoms with E-state index in [2.05, 4.69) is 15.6 Å². The molecule has 0 saturated heterocycles. The second-order valence-corrected chi connectivity index (χ2v) is 3.72. The summed E-state index contributed by atoms with van der Waals surface area (Å²) in [6.45, 7) is 4.51. The van der Waals surface area contributed by atoms with E-state index in [9.17, 15) is 0 Å². The molecule has 1 atom stereocenters. The maximum absolute atomic E-state index is 8.47. The molecule has 6 nitrogen and oxygen atoms in total. The first kappa shape index (κ1) is 12.5. The Morgan fingerprint density at radius 2 is 2.50 bits per heavy atom. The number of nitrogens with one attached hydrogen (secondary N) is 1. The van der Waals surface area contributed by atoms with Crippen molar-refractivity contribution >= 4 is 5.84 Å². The van der Waals surface area contributed by atoms with E-state index in [4.69, 9.17) is 15.5 Å². The molecule has 90 valence electrons. The van der Waals surface area contributed by atoms with Crippen molar-refractivity contribution in [2.24, 2.45) is 10.9 Å². The molecule has 4 N–H and O–H groups in total. The predicted molar refractivity (Wildman–Crippen MR) is 60.2 cm³/mol. The van der Waals surface area contributed by atoms with Crippen LogP contribution in [0.1, 0.15) is 31.2 Å². The number of aryl methyl sites for hydroxylation is 1. The zero-order chi connectivity index (χ0) is 12.0. The average Bonchev–Trinajstić information content (AvgIpc) is 2.69. The Morgan fingerprint density at radius 1 is 1.75 bits per heavy atom. The van der Waals surface area contributed by atoms with Crippen LogP contribution in [-0.4, -0.2) is 22.2 Å². The SMILES string of the molecule is CCC(CC(N)=NO)NCc1cc(C)no1. The van der Waals surface area contributed by atoms with Crippen LogP contribution in [0.3, 0.4) is 0 Å². The standard InChI is InChI=1S/C10H18N4O2/c1-3-8(5-10(11)13-15)12-6-9-4-7(2)14-16-9/h4,8,12,15H,3,5-6H2,1-2H3,(H2,11,13). The molecule has 0 aliphatic rings. The molecule has 1 rings (SSSR count). The highest BCUT2D eigenvalue weighted by atomic mass is 16.5. The van der Waals surface area contributed by atoms with Gasteiger partial charge in [0, 0.05) is 18.5 Å². The third-order valence-corrected chi connectivity index (χ3v) is 2.32. The van der Waals surface area contributed by atoms with Crippen molar-refractivity contribution in [3.8, 4) is 0 Å². The minimum Gasteiger partial charge on any atom is -0.409 e. The monoisotopic (exact) mass is 226 g/mol. The minimum atomic E-state index is 0.168. The summed E-state index contributed by atoms with van der Waals surface area (Å²) in [6, 6.07) is 2.05. The number of nitrogens with two attached hydrogens (primary N) is 1. The van der Waals surface area contributed by atoms with Gasteiger partial charge in [0.1, 0.15) is 5.84 Å². The Bertz CT molecular complexity index is 348. The van der Waals surface area contributed by atoms with E-state index in [0.717, 1.165) is 17.9 Å². The van der Waals surface area contributed by atoms with Crippen molar-refractivity contribution in [3.63, 3.8) is 0 Å². The number of rotatable bonds is 6. The zero-order valence-electron chi connectivity index (χ0n) is 9.60. The van der Waals surface area contributed by atoms with Crippen molar-refractivity contribution in [3.05, 3.63) is 17.5 Å². The van der Waals surface area contributed by atoms with Crippen molar-refractivity contribution in [1.82, 2.24) is 10.5 Å². The molecule has 6 heteroatoms. The van der Waals surface area contributed by atoms with Gasteiger partial charge in [-0.15, -0.1) is 0 Å². The molecule has 1 aromatic rings. The second kappa shape index (κ2) is 6.12. The average molecular weight is 226 g/mol. The summed E-state index contributed by atoms with van der Waals surface area (Å²) in [5, 5.41) is 18.5. The Hall–Kier alpha value is -1.56. The van der Waals surface area contributed by atoms with E-state index in [-0.39, 0.29) is 11.9 Å². The Morgan fingerprint density at radius 3 is 3.00 bits per heavy atom. The van der Waals surface area contributed by atoms with Crippen molar-refractivity contribution in [2.45, 2.75) is 39.3 Å². The lowest BCUT2D eigenvalue weighted by molar-refractivity contribution is 0.314. The van der Waals surface area contributed by atoms with Gasteiger partial charge in [-0.3, -0.25) is 0 Å². The maximum Gasteiger partial charge on any atom is 0.150 e. The summed E-state index contributed by atoms with van der Waals surface area (Å²) in [5.41, 5.74) is 6.31. The van der Waals surface area contributed by atoms with Gasteiger partial charge in [0.15, 0.2) is 5.76 Å². The maximum atomic E-state index is 8.47. The first-order valence-electron chi connectivity index (χ1n) is 5.27. The largest absolute Gasteiger partial charge is 0.409 e. The molecule has 0 fully saturated rings. The summed E-state index contributed by atoms with van der Waals surface area (Å²) in [7, 11) is 0. The van der Waals surface area contributed by atoms with Gasteiger partial charge in [0.2, 0.25) is 0 Å². The fraction of sp³-hybridized carbons (Fsp3) is 0.600. The quantitative estimate of drug-likeness (QED) is 0.291. The fourth-order valence-electron chi connectivity index (χ4n) is 1.40. The van der Waals surface area contributed by atoms with Crippen LogP contribution in [0.2, 0.25) is 0 Å². The number of hydrogen-bond acceptors (Lipinski definition) is 5. The van der Waals surface area contributed by atoms with E-state index in [1.165, 1.54) is 0 Å². The smallest absolute Gasteiger partial charge is 0.150 e. The van der Waals surface area contributed by atoms with Gasteiger partial charge in [-0.25, -0.2) is 0 Å². The molecule has 0 aromatic carbocycles. The molecule has 0 radical (unpaired) electrons. The minimum absolute atomic E-state index is 0.168. The Labute approximate surface area is 94.5 Å². The van der Waals surface area contributed by atoms with Crippen LogP contribution < -0.4 is 11.1 Å². The summed E-state index contributed by atoms with van der Waals surface area (Å²) in [5.74, 6) is 1.02. The van der Waals surface area contributed by atoms with Gasteiger partial charge in [0.05, 0.1) is 12.2 Å². The lowest BCUT2D eigenvalue weighted by atomic mass is 10.1. The molecule has 1 unspecified atom stereocenters. The van der Waals surface area contributed by atoms with Crippen LogP contribution in [0.15, 0.2) is 15.7 Å². The highest BCUT2D eigenvalue weighted by molar-refractivity contribution is 5.80. The van der Waals surface area contributed by atoms with Crippen LogP contribution in [-0.2, 0) is 6.54 Å². The normalized spacial score (nSPS) is 14.0. The molecule has 1 heterocycles.